The lowest BCUT2D eigenvalue weighted by atomic mass is 10.2. The molecule has 150 valence electrons. The number of hydrogen-bond donors (Lipinski definition) is 1. The molecule has 0 radical (unpaired) electrons. The maximum absolute atomic E-state index is 12.6. The SMILES string of the molecule is CCn1c(SCC(=O)Nc2ccc(C(F)(F)F)cc2)nc2c(c1=O)SC(C)C2. The van der Waals surface area contributed by atoms with Gasteiger partial charge in [-0.3, -0.25) is 14.2 Å². The summed E-state index contributed by atoms with van der Waals surface area (Å²) in [7, 11) is 0. The van der Waals surface area contributed by atoms with Crippen molar-refractivity contribution in [1.29, 1.82) is 0 Å². The number of nitrogens with zero attached hydrogens (tertiary/aromatic N) is 2. The maximum atomic E-state index is 12.6. The van der Waals surface area contributed by atoms with Crippen LogP contribution >= 0.6 is 23.5 Å². The first-order valence-corrected chi connectivity index (χ1v) is 10.5. The molecule has 10 heteroatoms. The van der Waals surface area contributed by atoms with E-state index >= 15 is 0 Å². The Morgan fingerprint density at radius 1 is 1.36 bits per heavy atom. The number of aromatic nitrogens is 2. The molecule has 1 aliphatic rings. The van der Waals surface area contributed by atoms with Gasteiger partial charge in [-0.05, 0) is 31.2 Å². The molecule has 0 saturated carbocycles. The van der Waals surface area contributed by atoms with Gasteiger partial charge in [0.15, 0.2) is 5.16 Å². The Balaban J connectivity index is 1.67. The van der Waals surface area contributed by atoms with Crippen molar-refractivity contribution in [2.45, 2.75) is 48.3 Å². The van der Waals surface area contributed by atoms with Gasteiger partial charge < -0.3 is 5.32 Å². The van der Waals surface area contributed by atoms with E-state index in [9.17, 15) is 22.8 Å². The van der Waals surface area contributed by atoms with Crippen molar-refractivity contribution in [3.8, 4) is 0 Å². The van der Waals surface area contributed by atoms with Crippen LogP contribution in [0.4, 0.5) is 18.9 Å². The largest absolute Gasteiger partial charge is 0.416 e. The summed E-state index contributed by atoms with van der Waals surface area (Å²) in [5, 5.41) is 3.33. The number of amides is 1. The Morgan fingerprint density at radius 3 is 2.64 bits per heavy atom. The van der Waals surface area contributed by atoms with Crippen LogP contribution in [0.3, 0.4) is 0 Å². The van der Waals surface area contributed by atoms with Crippen LogP contribution in [0.5, 0.6) is 0 Å². The van der Waals surface area contributed by atoms with Crippen LogP contribution in [0.2, 0.25) is 0 Å². The number of benzene rings is 1. The number of carbonyl (C=O) groups is 1. The number of anilines is 1. The molecule has 1 atom stereocenters. The van der Waals surface area contributed by atoms with Crippen LogP contribution < -0.4 is 10.9 Å². The summed E-state index contributed by atoms with van der Waals surface area (Å²) in [6.07, 6.45) is -3.71. The first-order chi connectivity index (χ1) is 13.2. The fourth-order valence-corrected chi connectivity index (χ4v) is 4.78. The van der Waals surface area contributed by atoms with Crippen LogP contribution in [0.1, 0.15) is 25.1 Å². The lowest BCUT2D eigenvalue weighted by Crippen LogP contribution is -2.25. The molecule has 0 aliphatic carbocycles. The molecule has 3 rings (SSSR count). The van der Waals surface area contributed by atoms with E-state index in [0.717, 1.165) is 29.6 Å². The van der Waals surface area contributed by atoms with E-state index in [-0.39, 0.29) is 22.9 Å². The number of nitrogens with one attached hydrogen (secondary N) is 1. The first kappa shape index (κ1) is 20.8. The van der Waals surface area contributed by atoms with Crippen molar-refractivity contribution in [3.63, 3.8) is 0 Å². The molecule has 2 aromatic rings. The highest BCUT2D eigenvalue weighted by Gasteiger charge is 2.30. The second-order valence-electron chi connectivity index (χ2n) is 6.26. The van der Waals surface area contributed by atoms with Gasteiger partial charge in [-0.1, -0.05) is 18.7 Å². The molecule has 1 aromatic carbocycles. The van der Waals surface area contributed by atoms with Crippen molar-refractivity contribution in [2.24, 2.45) is 0 Å². The van der Waals surface area contributed by atoms with Crippen molar-refractivity contribution in [2.75, 3.05) is 11.1 Å². The standard InChI is InChI=1S/C18H18F3N3O2S2/c1-3-24-16(26)15-13(8-10(2)28-15)23-17(24)27-9-14(25)22-12-6-4-11(5-7-12)18(19,20)21/h4-7,10H,3,8-9H2,1-2H3,(H,22,25). The third-order valence-electron chi connectivity index (χ3n) is 4.11. The van der Waals surface area contributed by atoms with Crippen LogP contribution in [0.25, 0.3) is 0 Å². The van der Waals surface area contributed by atoms with Gasteiger partial charge >= 0.3 is 6.18 Å². The number of rotatable bonds is 5. The highest BCUT2D eigenvalue weighted by molar-refractivity contribution is 8.00. The fraction of sp³-hybridized carbons (Fsp3) is 0.389. The second kappa shape index (κ2) is 8.20. The third-order valence-corrected chi connectivity index (χ3v) is 6.30. The van der Waals surface area contributed by atoms with Crippen molar-refractivity contribution in [3.05, 3.63) is 45.9 Å². The molecule has 0 saturated heterocycles. The van der Waals surface area contributed by atoms with Gasteiger partial charge in [0.25, 0.3) is 5.56 Å². The van der Waals surface area contributed by atoms with Gasteiger partial charge in [-0.15, -0.1) is 11.8 Å². The topological polar surface area (TPSA) is 64.0 Å². The number of carbonyl (C=O) groups excluding carboxylic acids is 1. The molecule has 0 bridgehead atoms. The van der Waals surface area contributed by atoms with Crippen LogP contribution in [-0.4, -0.2) is 26.5 Å². The Bertz CT molecular complexity index is 943. The monoisotopic (exact) mass is 429 g/mol. The maximum Gasteiger partial charge on any atom is 0.416 e. The summed E-state index contributed by atoms with van der Waals surface area (Å²) >= 11 is 2.66. The quantitative estimate of drug-likeness (QED) is 0.574. The van der Waals surface area contributed by atoms with E-state index in [0.29, 0.717) is 28.3 Å². The Labute approximate surface area is 168 Å². The van der Waals surface area contributed by atoms with E-state index in [2.05, 4.69) is 10.3 Å². The molecule has 1 aliphatic heterocycles. The van der Waals surface area contributed by atoms with E-state index in [1.807, 2.05) is 13.8 Å². The Morgan fingerprint density at radius 2 is 2.04 bits per heavy atom. The minimum atomic E-state index is -4.42. The van der Waals surface area contributed by atoms with Gasteiger partial charge in [0.2, 0.25) is 5.91 Å². The van der Waals surface area contributed by atoms with Gasteiger partial charge in [0, 0.05) is 23.9 Å². The summed E-state index contributed by atoms with van der Waals surface area (Å²) in [6.45, 7) is 4.31. The Kier molecular flexibility index (Phi) is 6.09. The molecular weight excluding hydrogens is 411 g/mol. The van der Waals surface area contributed by atoms with Gasteiger partial charge in [0.05, 0.1) is 21.9 Å². The average molecular weight is 429 g/mol. The lowest BCUT2D eigenvalue weighted by molar-refractivity contribution is -0.137. The van der Waals surface area contributed by atoms with Crippen LogP contribution in [0.15, 0.2) is 39.1 Å². The van der Waals surface area contributed by atoms with E-state index < -0.39 is 11.7 Å². The number of halogens is 3. The minimum absolute atomic E-state index is 0.00501. The summed E-state index contributed by atoms with van der Waals surface area (Å²) in [5.74, 6) is -0.389. The molecule has 5 nitrogen and oxygen atoms in total. The molecule has 1 N–H and O–H groups in total. The molecule has 0 spiro atoms. The van der Waals surface area contributed by atoms with Crippen LogP contribution in [-0.2, 0) is 23.9 Å². The average Bonchev–Trinajstić information content (AvgIpc) is 3.00. The lowest BCUT2D eigenvalue weighted by Gasteiger charge is -2.12. The number of hydrogen-bond acceptors (Lipinski definition) is 5. The zero-order valence-corrected chi connectivity index (χ0v) is 16.8. The van der Waals surface area contributed by atoms with Gasteiger partial charge in [-0.2, -0.15) is 13.2 Å². The number of alkyl halides is 3. The summed E-state index contributed by atoms with van der Waals surface area (Å²) in [6, 6.07) is 4.25. The van der Waals surface area contributed by atoms with Gasteiger partial charge in [0.1, 0.15) is 0 Å². The highest BCUT2D eigenvalue weighted by Crippen LogP contribution is 2.34. The van der Waals surface area contributed by atoms with Crippen molar-refractivity contribution in [1.82, 2.24) is 9.55 Å². The zero-order chi connectivity index (χ0) is 20.5. The predicted octanol–water partition coefficient (Wildman–Crippen LogP) is 4.05. The molecule has 1 aromatic heterocycles. The fourth-order valence-electron chi connectivity index (χ4n) is 2.79. The third kappa shape index (κ3) is 4.54. The summed E-state index contributed by atoms with van der Waals surface area (Å²) < 4.78 is 39.3. The zero-order valence-electron chi connectivity index (χ0n) is 15.2. The van der Waals surface area contributed by atoms with E-state index in [1.54, 1.807) is 4.57 Å². The molecule has 1 amide bonds. The van der Waals surface area contributed by atoms with Crippen molar-refractivity contribution >= 4 is 35.1 Å². The van der Waals surface area contributed by atoms with E-state index in [1.165, 1.54) is 23.9 Å². The Hall–Kier alpha value is -1.94. The highest BCUT2D eigenvalue weighted by atomic mass is 32.2. The van der Waals surface area contributed by atoms with E-state index in [4.69, 9.17) is 0 Å². The molecular formula is C18H18F3N3O2S2. The molecule has 1 unspecified atom stereocenters. The second-order valence-corrected chi connectivity index (χ2v) is 8.66. The first-order valence-electron chi connectivity index (χ1n) is 8.59. The molecule has 2 heterocycles. The van der Waals surface area contributed by atoms with Gasteiger partial charge in [-0.25, -0.2) is 4.98 Å². The van der Waals surface area contributed by atoms with Crippen molar-refractivity contribution < 1.29 is 18.0 Å². The minimum Gasteiger partial charge on any atom is -0.325 e. The van der Waals surface area contributed by atoms with Crippen LogP contribution in [0, 0.1) is 0 Å². The summed E-state index contributed by atoms with van der Waals surface area (Å²) in [5.41, 5.74) is 0.172. The molecule has 28 heavy (non-hydrogen) atoms. The normalized spacial score (nSPS) is 16.1. The summed E-state index contributed by atoms with van der Waals surface area (Å²) in [4.78, 5) is 30.0. The smallest absolute Gasteiger partial charge is 0.325 e. The predicted molar refractivity (Wildman–Crippen MR) is 104 cm³/mol. The molecule has 0 fully saturated rings. The number of thioether (sulfide) groups is 2. The number of fused-ring (bicyclic) bond motifs is 1.